The number of anilines is 2. The number of halogens is 1. The molecule has 0 radical (unpaired) electrons. The second-order valence-electron chi connectivity index (χ2n) is 6.79. The van der Waals surface area contributed by atoms with E-state index in [2.05, 4.69) is 20.5 Å². The van der Waals surface area contributed by atoms with E-state index in [0.717, 1.165) is 11.1 Å². The van der Waals surface area contributed by atoms with Gasteiger partial charge in [-0.15, -0.1) is 0 Å². The number of ether oxygens (including phenoxy) is 2. The molecular weight excluding hydrogens is 335 g/mol. The summed E-state index contributed by atoms with van der Waals surface area (Å²) >= 11 is 0. The van der Waals surface area contributed by atoms with E-state index in [-0.39, 0.29) is 11.9 Å². The lowest BCUT2D eigenvalue weighted by Gasteiger charge is -2.14. The topological polar surface area (TPSA) is 72.1 Å². The Morgan fingerprint density at radius 3 is 2.69 bits per heavy atom. The largest absolute Gasteiger partial charge is 0.494 e. The molecule has 1 aromatic carbocycles. The van der Waals surface area contributed by atoms with Crippen LogP contribution >= 0.6 is 0 Å². The third-order valence-electron chi connectivity index (χ3n) is 4.29. The summed E-state index contributed by atoms with van der Waals surface area (Å²) in [4.78, 5) is 4.51. The molecule has 3 aromatic rings. The number of pyridine rings is 1. The van der Waals surface area contributed by atoms with E-state index >= 15 is 0 Å². The van der Waals surface area contributed by atoms with Gasteiger partial charge in [-0.3, -0.25) is 5.10 Å². The van der Waals surface area contributed by atoms with E-state index in [1.165, 1.54) is 26.0 Å². The van der Waals surface area contributed by atoms with E-state index in [9.17, 15) is 4.39 Å². The van der Waals surface area contributed by atoms with E-state index in [1.54, 1.807) is 6.07 Å². The van der Waals surface area contributed by atoms with Gasteiger partial charge in [0.05, 0.1) is 13.2 Å². The molecule has 7 heteroatoms. The van der Waals surface area contributed by atoms with Crippen molar-refractivity contribution in [3.8, 4) is 11.6 Å². The molecule has 0 unspecified atom stereocenters. The lowest BCUT2D eigenvalue weighted by molar-refractivity contribution is 0.236. The number of rotatable bonds is 6. The second kappa shape index (κ2) is 6.48. The molecule has 1 aliphatic carbocycles. The van der Waals surface area contributed by atoms with Gasteiger partial charge in [0.15, 0.2) is 17.4 Å². The summed E-state index contributed by atoms with van der Waals surface area (Å²) in [6.07, 6.45) is 2.32. The molecule has 4 rings (SSSR count). The van der Waals surface area contributed by atoms with Crippen LogP contribution in [0.15, 0.2) is 24.3 Å². The standard InChI is InChI=1S/C19H21FN4O2/c1-10(2)26-19-13-8-14(20)16(25-3)6-12(13)7-17(22-19)21-18-9-15(23-24-18)11-4-5-11/h6-11H,4-5H2,1-3H3,(H2,21,22,23,24). The number of hydrogen-bond acceptors (Lipinski definition) is 5. The minimum absolute atomic E-state index is 0.0852. The number of methoxy groups -OCH3 is 1. The van der Waals surface area contributed by atoms with Gasteiger partial charge in [-0.25, -0.2) is 4.39 Å². The number of aromatic amines is 1. The van der Waals surface area contributed by atoms with Crippen molar-refractivity contribution < 1.29 is 13.9 Å². The lowest BCUT2D eigenvalue weighted by Crippen LogP contribution is -2.08. The Labute approximate surface area is 150 Å². The number of aromatic nitrogens is 3. The highest BCUT2D eigenvalue weighted by Crippen LogP contribution is 2.40. The first-order chi connectivity index (χ1) is 12.5. The molecule has 2 heterocycles. The Morgan fingerprint density at radius 1 is 1.19 bits per heavy atom. The first-order valence-electron chi connectivity index (χ1n) is 8.70. The summed E-state index contributed by atoms with van der Waals surface area (Å²) in [5.41, 5.74) is 1.13. The van der Waals surface area contributed by atoms with Gasteiger partial charge in [0.2, 0.25) is 5.88 Å². The highest BCUT2D eigenvalue weighted by molar-refractivity contribution is 5.90. The van der Waals surface area contributed by atoms with Crippen molar-refractivity contribution in [1.82, 2.24) is 15.2 Å². The normalized spacial score (nSPS) is 14.0. The van der Waals surface area contributed by atoms with E-state index in [4.69, 9.17) is 9.47 Å². The first-order valence-corrected chi connectivity index (χ1v) is 8.70. The SMILES string of the molecule is COc1cc2cc(Nc3cc(C4CC4)[nH]n3)nc(OC(C)C)c2cc1F. The predicted octanol–water partition coefficient (Wildman–Crippen LogP) is 4.51. The van der Waals surface area contributed by atoms with Gasteiger partial charge >= 0.3 is 0 Å². The quantitative estimate of drug-likeness (QED) is 0.680. The van der Waals surface area contributed by atoms with Gasteiger partial charge in [0.25, 0.3) is 0 Å². The second-order valence-corrected chi connectivity index (χ2v) is 6.79. The molecule has 2 aromatic heterocycles. The Kier molecular flexibility index (Phi) is 4.14. The lowest BCUT2D eigenvalue weighted by atomic mass is 10.1. The van der Waals surface area contributed by atoms with E-state index < -0.39 is 5.82 Å². The summed E-state index contributed by atoms with van der Waals surface area (Å²) < 4.78 is 25.0. The third-order valence-corrected chi connectivity index (χ3v) is 4.29. The van der Waals surface area contributed by atoms with Gasteiger partial charge in [-0.1, -0.05) is 0 Å². The first kappa shape index (κ1) is 16.6. The minimum atomic E-state index is -0.447. The van der Waals surface area contributed by atoms with Gasteiger partial charge in [0.1, 0.15) is 5.82 Å². The van der Waals surface area contributed by atoms with Crippen LogP contribution in [0.5, 0.6) is 11.6 Å². The highest BCUT2D eigenvalue weighted by atomic mass is 19.1. The summed E-state index contributed by atoms with van der Waals surface area (Å²) in [6, 6.07) is 6.86. The maximum atomic E-state index is 14.1. The van der Waals surface area contributed by atoms with Crippen LogP contribution in [0.2, 0.25) is 0 Å². The van der Waals surface area contributed by atoms with Crippen LogP contribution in [0.1, 0.15) is 38.3 Å². The molecule has 26 heavy (non-hydrogen) atoms. The average molecular weight is 356 g/mol. The van der Waals surface area contributed by atoms with Gasteiger partial charge < -0.3 is 14.8 Å². The van der Waals surface area contributed by atoms with Crippen molar-refractivity contribution in [1.29, 1.82) is 0 Å². The molecule has 0 amide bonds. The molecule has 1 saturated carbocycles. The van der Waals surface area contributed by atoms with Crippen molar-refractivity contribution in [2.45, 2.75) is 38.7 Å². The molecular formula is C19H21FN4O2. The average Bonchev–Trinajstić information content (AvgIpc) is 3.34. The molecule has 0 atom stereocenters. The summed E-state index contributed by atoms with van der Waals surface area (Å²) in [5.74, 6) is 1.98. The van der Waals surface area contributed by atoms with E-state index in [1.807, 2.05) is 26.0 Å². The van der Waals surface area contributed by atoms with Crippen LogP contribution in [-0.2, 0) is 0 Å². The number of nitrogens with one attached hydrogen (secondary N) is 2. The van der Waals surface area contributed by atoms with Gasteiger partial charge in [-0.05, 0) is 50.3 Å². The fourth-order valence-electron chi connectivity index (χ4n) is 2.89. The molecule has 6 nitrogen and oxygen atoms in total. The minimum Gasteiger partial charge on any atom is -0.494 e. The van der Waals surface area contributed by atoms with Crippen LogP contribution in [0.3, 0.4) is 0 Å². The van der Waals surface area contributed by atoms with E-state index in [0.29, 0.717) is 28.8 Å². The van der Waals surface area contributed by atoms with Crippen molar-refractivity contribution in [3.63, 3.8) is 0 Å². The van der Waals surface area contributed by atoms with Crippen molar-refractivity contribution >= 4 is 22.4 Å². The van der Waals surface area contributed by atoms with Crippen LogP contribution < -0.4 is 14.8 Å². The van der Waals surface area contributed by atoms with Crippen LogP contribution in [0.4, 0.5) is 16.0 Å². The Morgan fingerprint density at radius 2 is 2.00 bits per heavy atom. The molecule has 0 spiro atoms. The van der Waals surface area contributed by atoms with Gasteiger partial charge in [0, 0.05) is 23.1 Å². The zero-order valence-electron chi connectivity index (χ0n) is 15.0. The zero-order valence-corrected chi connectivity index (χ0v) is 15.0. The molecule has 0 bridgehead atoms. The Bertz CT molecular complexity index is 950. The zero-order chi connectivity index (χ0) is 18.3. The number of benzene rings is 1. The number of H-pyrrole nitrogens is 1. The number of nitrogens with zero attached hydrogens (tertiary/aromatic N) is 2. The van der Waals surface area contributed by atoms with Gasteiger partial charge in [-0.2, -0.15) is 10.1 Å². The fourth-order valence-corrected chi connectivity index (χ4v) is 2.89. The van der Waals surface area contributed by atoms with Crippen LogP contribution in [-0.4, -0.2) is 28.4 Å². The molecule has 1 fully saturated rings. The summed E-state index contributed by atoms with van der Waals surface area (Å²) in [6.45, 7) is 3.81. The number of hydrogen-bond donors (Lipinski definition) is 2. The summed E-state index contributed by atoms with van der Waals surface area (Å²) in [7, 11) is 1.44. The maximum Gasteiger partial charge on any atom is 0.223 e. The third kappa shape index (κ3) is 3.29. The predicted molar refractivity (Wildman–Crippen MR) is 97.9 cm³/mol. The van der Waals surface area contributed by atoms with Crippen LogP contribution in [0.25, 0.3) is 10.8 Å². The molecule has 0 saturated heterocycles. The summed E-state index contributed by atoms with van der Waals surface area (Å²) in [5, 5.41) is 11.9. The van der Waals surface area contributed by atoms with Crippen molar-refractivity contribution in [3.05, 3.63) is 35.8 Å². The van der Waals surface area contributed by atoms with Crippen LogP contribution in [0, 0.1) is 5.82 Å². The highest BCUT2D eigenvalue weighted by Gasteiger charge is 2.25. The molecule has 2 N–H and O–H groups in total. The van der Waals surface area contributed by atoms with Crippen molar-refractivity contribution in [2.24, 2.45) is 0 Å². The fraction of sp³-hybridized carbons (Fsp3) is 0.368. The maximum absolute atomic E-state index is 14.1. The number of fused-ring (bicyclic) bond motifs is 1. The Balaban J connectivity index is 1.73. The molecule has 1 aliphatic rings. The smallest absolute Gasteiger partial charge is 0.223 e. The molecule has 136 valence electrons. The monoisotopic (exact) mass is 356 g/mol. The van der Waals surface area contributed by atoms with Crippen molar-refractivity contribution in [2.75, 3.05) is 12.4 Å². The molecule has 0 aliphatic heterocycles. The Hall–Kier alpha value is -2.83.